The van der Waals surface area contributed by atoms with E-state index >= 15 is 0 Å². The molecule has 7 heteroatoms. The lowest BCUT2D eigenvalue weighted by atomic mass is 10.2. The van der Waals surface area contributed by atoms with Gasteiger partial charge in [0.15, 0.2) is 0 Å². The minimum atomic E-state index is -0.237. The molecule has 0 aromatic carbocycles. The maximum atomic E-state index is 11.8. The Kier molecular flexibility index (Phi) is 4.65. The molecule has 0 saturated carbocycles. The van der Waals surface area contributed by atoms with E-state index in [1.165, 1.54) is 0 Å². The second-order valence-corrected chi connectivity index (χ2v) is 5.06. The number of rotatable bonds is 5. The van der Waals surface area contributed by atoms with Crippen molar-refractivity contribution in [1.82, 2.24) is 20.6 Å². The van der Waals surface area contributed by atoms with E-state index in [9.17, 15) is 4.79 Å². The van der Waals surface area contributed by atoms with Gasteiger partial charge in [-0.3, -0.25) is 9.97 Å². The van der Waals surface area contributed by atoms with Crippen LogP contribution in [0.25, 0.3) is 11.3 Å². The lowest BCUT2D eigenvalue weighted by molar-refractivity contribution is 0.111. The predicted octanol–water partition coefficient (Wildman–Crippen LogP) is 1.71. The fourth-order valence-electron chi connectivity index (χ4n) is 2.37. The van der Waals surface area contributed by atoms with Gasteiger partial charge in [-0.15, -0.1) is 0 Å². The molecule has 1 aliphatic heterocycles. The summed E-state index contributed by atoms with van der Waals surface area (Å²) in [6.07, 6.45) is 8.58. The van der Waals surface area contributed by atoms with E-state index in [0.29, 0.717) is 24.5 Å². The van der Waals surface area contributed by atoms with E-state index in [0.717, 1.165) is 25.0 Å². The van der Waals surface area contributed by atoms with Crippen molar-refractivity contribution in [2.24, 2.45) is 0 Å². The normalized spacial score (nSPS) is 17.4. The molecule has 22 heavy (non-hydrogen) atoms. The van der Waals surface area contributed by atoms with Crippen LogP contribution in [0, 0.1) is 0 Å². The second kappa shape index (κ2) is 7.04. The van der Waals surface area contributed by atoms with Gasteiger partial charge in [-0.25, -0.2) is 4.79 Å². The molecule has 1 saturated heterocycles. The summed E-state index contributed by atoms with van der Waals surface area (Å²) in [5.74, 6) is 0. The van der Waals surface area contributed by atoms with Gasteiger partial charge in [-0.05, 0) is 18.9 Å². The zero-order valence-electron chi connectivity index (χ0n) is 12.1. The summed E-state index contributed by atoms with van der Waals surface area (Å²) < 4.78 is 10.5. The molecule has 3 heterocycles. The van der Waals surface area contributed by atoms with Crippen molar-refractivity contribution < 1.29 is 13.9 Å². The van der Waals surface area contributed by atoms with Gasteiger partial charge >= 0.3 is 6.03 Å². The smallest absolute Gasteiger partial charge is 0.315 e. The Labute approximate surface area is 128 Å². The summed E-state index contributed by atoms with van der Waals surface area (Å²) in [6.45, 7) is 1.61. The van der Waals surface area contributed by atoms with E-state index in [-0.39, 0.29) is 12.1 Å². The third-order valence-electron chi connectivity index (χ3n) is 3.50. The number of furan rings is 1. The number of nitrogens with zero attached hydrogens (tertiary/aromatic N) is 2. The Hall–Kier alpha value is -2.41. The molecule has 3 rings (SSSR count). The van der Waals surface area contributed by atoms with E-state index in [1.54, 1.807) is 24.9 Å². The first kappa shape index (κ1) is 14.5. The van der Waals surface area contributed by atoms with Crippen molar-refractivity contribution in [2.75, 3.05) is 13.2 Å². The molecular weight excluding hydrogens is 284 g/mol. The lowest BCUT2D eigenvalue weighted by Crippen LogP contribution is -2.39. The summed E-state index contributed by atoms with van der Waals surface area (Å²) in [4.78, 5) is 20.4. The van der Waals surface area contributed by atoms with Crippen LogP contribution in [-0.2, 0) is 11.3 Å². The molecular formula is C15H18N4O3. The Balaban J connectivity index is 1.54. The van der Waals surface area contributed by atoms with Crippen LogP contribution < -0.4 is 10.6 Å². The van der Waals surface area contributed by atoms with Crippen LogP contribution in [0.4, 0.5) is 4.79 Å². The first-order chi connectivity index (χ1) is 10.8. The van der Waals surface area contributed by atoms with Crippen LogP contribution >= 0.6 is 0 Å². The van der Waals surface area contributed by atoms with Crippen molar-refractivity contribution >= 4 is 6.03 Å². The maximum Gasteiger partial charge on any atom is 0.315 e. The standard InChI is InChI=1S/C15H18N4O3/c20-15(18-8-12-2-1-6-22-12)19-9-13-14(17-5-4-16-13)11-3-7-21-10-11/h3-5,7,10,12H,1-2,6,8-9H2,(H2,18,19,20)/t12-/m1/s1. The van der Waals surface area contributed by atoms with Crippen molar-refractivity contribution in [3.05, 3.63) is 36.7 Å². The van der Waals surface area contributed by atoms with Gasteiger partial charge in [0.05, 0.1) is 36.6 Å². The molecule has 2 N–H and O–H groups in total. The number of ether oxygens (including phenoxy) is 1. The maximum absolute atomic E-state index is 11.8. The van der Waals surface area contributed by atoms with E-state index in [1.807, 2.05) is 6.07 Å². The number of carbonyl (C=O) groups excluding carboxylic acids is 1. The van der Waals surface area contributed by atoms with Crippen molar-refractivity contribution in [2.45, 2.75) is 25.5 Å². The highest BCUT2D eigenvalue weighted by Crippen LogP contribution is 2.19. The molecule has 0 aliphatic carbocycles. The molecule has 2 aromatic rings. The van der Waals surface area contributed by atoms with Gasteiger partial charge in [-0.2, -0.15) is 0 Å². The molecule has 0 bridgehead atoms. The highest BCUT2D eigenvalue weighted by atomic mass is 16.5. The van der Waals surface area contributed by atoms with Crippen LogP contribution in [0.5, 0.6) is 0 Å². The molecule has 2 amide bonds. The SMILES string of the molecule is O=C(NCc1nccnc1-c1ccoc1)NC[C@H]1CCCO1. The Morgan fingerprint density at radius 1 is 1.32 bits per heavy atom. The largest absolute Gasteiger partial charge is 0.472 e. The number of hydrogen-bond acceptors (Lipinski definition) is 5. The van der Waals surface area contributed by atoms with Crippen LogP contribution in [0.15, 0.2) is 35.4 Å². The molecule has 0 radical (unpaired) electrons. The van der Waals surface area contributed by atoms with Crippen LogP contribution in [0.2, 0.25) is 0 Å². The number of urea groups is 1. The van der Waals surface area contributed by atoms with Gasteiger partial charge in [-0.1, -0.05) is 0 Å². The minimum Gasteiger partial charge on any atom is -0.472 e. The minimum absolute atomic E-state index is 0.128. The second-order valence-electron chi connectivity index (χ2n) is 5.06. The fourth-order valence-corrected chi connectivity index (χ4v) is 2.37. The average Bonchev–Trinajstić information content (AvgIpc) is 3.24. The highest BCUT2D eigenvalue weighted by molar-refractivity contribution is 5.74. The fraction of sp³-hybridized carbons (Fsp3) is 0.400. The summed E-state index contributed by atoms with van der Waals surface area (Å²) >= 11 is 0. The number of nitrogens with one attached hydrogen (secondary N) is 2. The Bertz CT molecular complexity index is 609. The third-order valence-corrected chi connectivity index (χ3v) is 3.50. The zero-order valence-corrected chi connectivity index (χ0v) is 12.1. The van der Waals surface area contributed by atoms with E-state index in [2.05, 4.69) is 20.6 Å². The van der Waals surface area contributed by atoms with Gasteiger partial charge in [0.2, 0.25) is 0 Å². The van der Waals surface area contributed by atoms with E-state index in [4.69, 9.17) is 9.15 Å². The molecule has 1 atom stereocenters. The first-order valence-electron chi connectivity index (χ1n) is 7.28. The topological polar surface area (TPSA) is 89.3 Å². The number of amides is 2. The average molecular weight is 302 g/mol. The van der Waals surface area contributed by atoms with Gasteiger partial charge < -0.3 is 19.8 Å². The molecule has 0 unspecified atom stereocenters. The molecule has 116 valence electrons. The van der Waals surface area contributed by atoms with E-state index < -0.39 is 0 Å². The van der Waals surface area contributed by atoms with Gasteiger partial charge in [0, 0.05) is 31.1 Å². The number of hydrogen-bond donors (Lipinski definition) is 2. The Morgan fingerprint density at radius 2 is 2.23 bits per heavy atom. The quantitative estimate of drug-likeness (QED) is 0.877. The lowest BCUT2D eigenvalue weighted by Gasteiger charge is -2.12. The van der Waals surface area contributed by atoms with Crippen molar-refractivity contribution in [3.8, 4) is 11.3 Å². The zero-order chi connectivity index (χ0) is 15.2. The summed E-state index contributed by atoms with van der Waals surface area (Å²) in [5, 5.41) is 5.59. The molecule has 1 aliphatic rings. The summed E-state index contributed by atoms with van der Waals surface area (Å²) in [6, 6.07) is 1.57. The third kappa shape index (κ3) is 3.62. The number of aromatic nitrogens is 2. The first-order valence-corrected chi connectivity index (χ1v) is 7.28. The molecule has 2 aromatic heterocycles. The molecule has 1 fully saturated rings. The van der Waals surface area contributed by atoms with Gasteiger partial charge in [0.1, 0.15) is 0 Å². The number of carbonyl (C=O) groups is 1. The highest BCUT2D eigenvalue weighted by Gasteiger charge is 2.16. The molecule has 0 spiro atoms. The van der Waals surface area contributed by atoms with Crippen molar-refractivity contribution in [3.63, 3.8) is 0 Å². The van der Waals surface area contributed by atoms with Gasteiger partial charge in [0.25, 0.3) is 0 Å². The van der Waals surface area contributed by atoms with Crippen LogP contribution in [-0.4, -0.2) is 35.3 Å². The monoisotopic (exact) mass is 302 g/mol. The van der Waals surface area contributed by atoms with Crippen LogP contribution in [0.3, 0.4) is 0 Å². The summed E-state index contributed by atoms with van der Waals surface area (Å²) in [7, 11) is 0. The Morgan fingerprint density at radius 3 is 3.00 bits per heavy atom. The summed E-state index contributed by atoms with van der Waals surface area (Å²) in [5.41, 5.74) is 2.23. The van der Waals surface area contributed by atoms with Crippen LogP contribution in [0.1, 0.15) is 18.5 Å². The van der Waals surface area contributed by atoms with Crippen molar-refractivity contribution in [1.29, 1.82) is 0 Å². The predicted molar refractivity (Wildman–Crippen MR) is 78.9 cm³/mol. The molecule has 7 nitrogen and oxygen atoms in total.